The van der Waals surface area contributed by atoms with Crippen molar-refractivity contribution in [2.75, 3.05) is 5.73 Å². The van der Waals surface area contributed by atoms with E-state index in [9.17, 15) is 22.6 Å². The normalized spacial score (nSPS) is 14.0. The predicted molar refractivity (Wildman–Crippen MR) is 98.8 cm³/mol. The highest BCUT2D eigenvalue weighted by atomic mass is 32.2. The van der Waals surface area contributed by atoms with E-state index in [1.54, 1.807) is 36.4 Å². The van der Waals surface area contributed by atoms with Crippen molar-refractivity contribution in [3.05, 3.63) is 71.3 Å². The van der Waals surface area contributed by atoms with E-state index in [0.717, 1.165) is 16.5 Å². The highest BCUT2D eigenvalue weighted by Crippen LogP contribution is 2.37. The minimum Gasteiger partial charge on any atom is -0.397 e. The molecular formula is C19H14N2O5S. The zero-order valence-corrected chi connectivity index (χ0v) is 14.7. The molecule has 0 spiro atoms. The van der Waals surface area contributed by atoms with Crippen LogP contribution >= 0.6 is 0 Å². The highest BCUT2D eigenvalue weighted by molar-refractivity contribution is 7.86. The number of carbonyl (C=O) groups is 2. The Hall–Kier alpha value is -3.23. The summed E-state index contributed by atoms with van der Waals surface area (Å²) in [6.45, 7) is 0.0416. The largest absolute Gasteiger partial charge is 0.397 e. The van der Waals surface area contributed by atoms with Gasteiger partial charge in [0, 0.05) is 16.3 Å². The van der Waals surface area contributed by atoms with Crippen molar-refractivity contribution >= 4 is 38.4 Å². The van der Waals surface area contributed by atoms with E-state index in [0.29, 0.717) is 5.39 Å². The molecule has 1 heterocycles. The maximum atomic E-state index is 13.0. The average molecular weight is 382 g/mol. The van der Waals surface area contributed by atoms with Crippen LogP contribution in [0.15, 0.2) is 59.5 Å². The second-order valence-electron chi connectivity index (χ2n) is 6.22. The molecule has 3 aromatic carbocycles. The molecule has 3 N–H and O–H groups in total. The van der Waals surface area contributed by atoms with E-state index in [1.165, 1.54) is 6.07 Å². The number of hydrogen-bond acceptors (Lipinski definition) is 5. The summed E-state index contributed by atoms with van der Waals surface area (Å²) in [4.78, 5) is 26.4. The quantitative estimate of drug-likeness (QED) is 0.408. The molecule has 7 nitrogen and oxygen atoms in total. The Morgan fingerprint density at radius 3 is 2.26 bits per heavy atom. The van der Waals surface area contributed by atoms with Gasteiger partial charge in [0.1, 0.15) is 4.90 Å². The molecule has 0 radical (unpaired) electrons. The van der Waals surface area contributed by atoms with Gasteiger partial charge in [-0.3, -0.25) is 19.0 Å². The SMILES string of the molecule is Nc1c(S(=O)(=O)O)cc2c3c(cccc13)C(=O)N(Cc1ccccc1)C2=O. The Morgan fingerprint density at radius 2 is 1.59 bits per heavy atom. The van der Waals surface area contributed by atoms with Crippen molar-refractivity contribution in [2.45, 2.75) is 11.4 Å². The van der Waals surface area contributed by atoms with Gasteiger partial charge in [-0.05, 0) is 17.7 Å². The molecule has 27 heavy (non-hydrogen) atoms. The van der Waals surface area contributed by atoms with Gasteiger partial charge in [-0.1, -0.05) is 42.5 Å². The lowest BCUT2D eigenvalue weighted by molar-refractivity contribution is 0.0598. The van der Waals surface area contributed by atoms with Crippen LogP contribution < -0.4 is 5.73 Å². The van der Waals surface area contributed by atoms with E-state index in [-0.39, 0.29) is 28.7 Å². The van der Waals surface area contributed by atoms with Gasteiger partial charge < -0.3 is 5.73 Å². The molecular weight excluding hydrogens is 368 g/mol. The van der Waals surface area contributed by atoms with Crippen LogP contribution in [-0.4, -0.2) is 29.7 Å². The molecule has 0 aromatic heterocycles. The summed E-state index contributed by atoms with van der Waals surface area (Å²) >= 11 is 0. The first-order valence-corrected chi connectivity index (χ1v) is 9.46. The smallest absolute Gasteiger partial charge is 0.296 e. The summed E-state index contributed by atoms with van der Waals surface area (Å²) in [5.41, 5.74) is 6.71. The van der Waals surface area contributed by atoms with Crippen molar-refractivity contribution in [3.8, 4) is 0 Å². The fraction of sp³-hybridized carbons (Fsp3) is 0.0526. The first kappa shape index (κ1) is 17.2. The molecule has 0 fully saturated rings. The number of nitrogen functional groups attached to an aromatic ring is 1. The topological polar surface area (TPSA) is 118 Å². The molecule has 0 saturated carbocycles. The minimum atomic E-state index is -4.64. The van der Waals surface area contributed by atoms with Gasteiger partial charge >= 0.3 is 0 Å². The van der Waals surface area contributed by atoms with Crippen molar-refractivity contribution in [1.29, 1.82) is 0 Å². The minimum absolute atomic E-state index is 0.0120. The molecule has 3 aromatic rings. The van der Waals surface area contributed by atoms with Crippen LogP contribution in [0.1, 0.15) is 26.3 Å². The zero-order chi connectivity index (χ0) is 19.3. The fourth-order valence-electron chi connectivity index (χ4n) is 3.33. The molecule has 0 aliphatic carbocycles. The highest BCUT2D eigenvalue weighted by Gasteiger charge is 2.35. The Labute approximate surface area is 154 Å². The molecule has 0 unspecified atom stereocenters. The number of anilines is 1. The average Bonchev–Trinajstić information content (AvgIpc) is 2.64. The van der Waals surface area contributed by atoms with Gasteiger partial charge in [0.25, 0.3) is 21.9 Å². The van der Waals surface area contributed by atoms with E-state index < -0.39 is 26.8 Å². The second-order valence-corrected chi connectivity index (χ2v) is 7.61. The maximum Gasteiger partial charge on any atom is 0.296 e. The first-order chi connectivity index (χ1) is 12.8. The van der Waals surface area contributed by atoms with Crippen molar-refractivity contribution in [3.63, 3.8) is 0 Å². The third-order valence-electron chi connectivity index (χ3n) is 4.58. The fourth-order valence-corrected chi connectivity index (χ4v) is 3.99. The van der Waals surface area contributed by atoms with Crippen LogP contribution in [0.3, 0.4) is 0 Å². The summed E-state index contributed by atoms with van der Waals surface area (Å²) < 4.78 is 32.9. The molecule has 0 saturated heterocycles. The maximum absolute atomic E-state index is 13.0. The molecule has 1 aliphatic heterocycles. The van der Waals surface area contributed by atoms with Crippen molar-refractivity contribution in [1.82, 2.24) is 4.90 Å². The molecule has 8 heteroatoms. The van der Waals surface area contributed by atoms with Gasteiger partial charge in [-0.2, -0.15) is 8.42 Å². The van der Waals surface area contributed by atoms with Crippen LogP contribution in [0, 0.1) is 0 Å². The number of benzene rings is 3. The number of amides is 2. The lowest BCUT2D eigenvalue weighted by atomic mass is 9.93. The van der Waals surface area contributed by atoms with Gasteiger partial charge in [0.05, 0.1) is 17.8 Å². The molecule has 0 atom stereocenters. The van der Waals surface area contributed by atoms with Crippen LogP contribution in [0.25, 0.3) is 10.8 Å². The first-order valence-electron chi connectivity index (χ1n) is 8.02. The number of carbonyl (C=O) groups excluding carboxylic acids is 2. The van der Waals surface area contributed by atoms with Crippen molar-refractivity contribution < 1.29 is 22.6 Å². The third-order valence-corrected chi connectivity index (χ3v) is 5.47. The number of imide groups is 1. The number of hydrogen-bond donors (Lipinski definition) is 2. The summed E-state index contributed by atoms with van der Waals surface area (Å²) in [7, 11) is -4.64. The number of nitrogens with two attached hydrogens (primary N) is 1. The van der Waals surface area contributed by atoms with Gasteiger partial charge in [-0.15, -0.1) is 0 Å². The van der Waals surface area contributed by atoms with Crippen LogP contribution in [0.2, 0.25) is 0 Å². The van der Waals surface area contributed by atoms with E-state index in [2.05, 4.69) is 0 Å². The summed E-state index contributed by atoms with van der Waals surface area (Å²) in [5.74, 6) is -1.13. The van der Waals surface area contributed by atoms with E-state index in [1.807, 2.05) is 6.07 Å². The Kier molecular flexibility index (Phi) is 3.76. The Bertz CT molecular complexity index is 1220. The van der Waals surface area contributed by atoms with E-state index in [4.69, 9.17) is 5.73 Å². The van der Waals surface area contributed by atoms with Gasteiger partial charge in [0.2, 0.25) is 0 Å². The molecule has 1 aliphatic rings. The molecule has 4 rings (SSSR count). The molecule has 2 amide bonds. The van der Waals surface area contributed by atoms with E-state index >= 15 is 0 Å². The number of rotatable bonds is 3. The lowest BCUT2D eigenvalue weighted by Crippen LogP contribution is -2.39. The summed E-state index contributed by atoms with van der Waals surface area (Å²) in [6, 6.07) is 14.6. The molecule has 136 valence electrons. The lowest BCUT2D eigenvalue weighted by Gasteiger charge is -2.28. The van der Waals surface area contributed by atoms with Crippen LogP contribution in [0.5, 0.6) is 0 Å². The standard InChI is InChI=1S/C19H14N2O5S/c20-17-12-7-4-8-13-16(12)14(9-15(17)27(24,25)26)19(23)21(18(13)22)10-11-5-2-1-3-6-11/h1-9H,10,20H2,(H,24,25,26). The molecule has 0 bridgehead atoms. The van der Waals surface area contributed by atoms with Crippen LogP contribution in [0.4, 0.5) is 5.69 Å². The van der Waals surface area contributed by atoms with Gasteiger partial charge in [0.15, 0.2) is 0 Å². The second kappa shape index (κ2) is 5.90. The Balaban J connectivity index is 1.97. The third kappa shape index (κ3) is 2.66. The zero-order valence-electron chi connectivity index (χ0n) is 13.9. The monoisotopic (exact) mass is 382 g/mol. The van der Waals surface area contributed by atoms with Crippen molar-refractivity contribution in [2.24, 2.45) is 0 Å². The Morgan fingerprint density at radius 1 is 0.926 bits per heavy atom. The van der Waals surface area contributed by atoms with Crippen LogP contribution in [-0.2, 0) is 16.7 Å². The summed E-state index contributed by atoms with van der Waals surface area (Å²) in [5, 5.41) is 0.528. The number of nitrogens with zero attached hydrogens (tertiary/aromatic N) is 1. The van der Waals surface area contributed by atoms with Gasteiger partial charge in [-0.25, -0.2) is 0 Å². The summed E-state index contributed by atoms with van der Waals surface area (Å²) in [6.07, 6.45) is 0. The predicted octanol–water partition coefficient (Wildman–Crippen LogP) is 2.46.